The molecule has 18 atom stereocenters. The SMILES string of the molecule is CC[C@H]1OC(=O)[C@H](C)[C@@H](OC2C[C@@](C)(OC)[C@@H](O)[C@H](C)O2)[C@H](C)[C@@H](OC2O[C@H](C)C[C@H](N(C)C)[C@H]2O)[C@](C)(OC)C[C@@H](C)C(=O)[C@H](C)[C@@H](O)[C@]1(C)O. The second kappa shape index (κ2) is 17.7. The Balaban J connectivity index is 2.22. The van der Waals surface area contributed by atoms with E-state index in [-0.39, 0.29) is 37.2 Å². The van der Waals surface area contributed by atoms with E-state index in [1.165, 1.54) is 21.1 Å². The maximum absolute atomic E-state index is 14.2. The number of ether oxygens (including phenoxy) is 7. The molecule has 2 unspecified atom stereocenters. The Labute approximate surface area is 310 Å². The number of hydrogen-bond donors (Lipinski definition) is 4. The van der Waals surface area contributed by atoms with E-state index in [0.717, 1.165) is 0 Å². The van der Waals surface area contributed by atoms with Crippen molar-refractivity contribution in [1.29, 1.82) is 0 Å². The van der Waals surface area contributed by atoms with Crippen LogP contribution in [0.2, 0.25) is 0 Å². The van der Waals surface area contributed by atoms with Gasteiger partial charge >= 0.3 is 5.97 Å². The van der Waals surface area contributed by atoms with Crippen LogP contribution in [-0.2, 0) is 42.7 Å². The van der Waals surface area contributed by atoms with E-state index in [1.807, 2.05) is 32.8 Å². The lowest BCUT2D eigenvalue weighted by Crippen LogP contribution is -2.61. The third kappa shape index (κ3) is 9.38. The Kier molecular flexibility index (Phi) is 15.3. The summed E-state index contributed by atoms with van der Waals surface area (Å²) in [6, 6.07) is -0.283. The standard InChI is InChI=1S/C38H69NO13/c1-15-26-38(10,45)31(42)21(4)28(40)19(2)17-37(9,47-14)33(52-35-29(41)25(39(11)12)16-20(3)48-35)22(5)30(23(6)34(44)50-26)51-27-18-36(8,46-13)32(43)24(7)49-27/h19-27,29-33,35,41-43,45H,15-18H2,1-14H3/t19-,20-,21+,22+,23-,24+,25+,26-,27?,29-,30+,31-,32+,33-,35?,36-,37-,38-/m1/s1. The van der Waals surface area contributed by atoms with Crippen molar-refractivity contribution >= 4 is 11.8 Å². The van der Waals surface area contributed by atoms with E-state index in [0.29, 0.717) is 6.42 Å². The van der Waals surface area contributed by atoms with Gasteiger partial charge in [0.2, 0.25) is 0 Å². The van der Waals surface area contributed by atoms with Gasteiger partial charge in [0.1, 0.15) is 29.7 Å². The highest BCUT2D eigenvalue weighted by atomic mass is 16.7. The lowest BCUT2D eigenvalue weighted by Gasteiger charge is -2.50. The molecule has 3 aliphatic heterocycles. The van der Waals surface area contributed by atoms with E-state index in [2.05, 4.69) is 0 Å². The number of aliphatic hydroxyl groups excluding tert-OH is 3. The Morgan fingerprint density at radius 1 is 0.846 bits per heavy atom. The van der Waals surface area contributed by atoms with Crippen molar-refractivity contribution < 1.29 is 63.2 Å². The first-order chi connectivity index (χ1) is 24.0. The number of carbonyl (C=O) groups excluding carboxylic acids is 2. The molecule has 3 heterocycles. The summed E-state index contributed by atoms with van der Waals surface area (Å²) in [4.78, 5) is 30.1. The zero-order valence-corrected chi connectivity index (χ0v) is 33.9. The summed E-state index contributed by atoms with van der Waals surface area (Å²) in [6.45, 7) is 17.1. The van der Waals surface area contributed by atoms with E-state index < -0.39 is 102 Å². The summed E-state index contributed by atoms with van der Waals surface area (Å²) in [5.41, 5.74) is -4.24. The number of ketones is 1. The van der Waals surface area contributed by atoms with Gasteiger partial charge in [0.25, 0.3) is 0 Å². The van der Waals surface area contributed by atoms with Crippen LogP contribution >= 0.6 is 0 Å². The molecule has 3 rings (SSSR count). The molecule has 0 radical (unpaired) electrons. The molecule has 52 heavy (non-hydrogen) atoms. The average molecular weight is 748 g/mol. The molecule has 3 saturated heterocycles. The van der Waals surface area contributed by atoms with Crippen molar-refractivity contribution in [3.8, 4) is 0 Å². The number of Topliss-reactive ketones (excluding diaryl/α,β-unsaturated/α-hetero) is 1. The van der Waals surface area contributed by atoms with Gasteiger partial charge in [-0.25, -0.2) is 0 Å². The van der Waals surface area contributed by atoms with Crippen molar-refractivity contribution in [1.82, 2.24) is 4.90 Å². The van der Waals surface area contributed by atoms with Crippen molar-refractivity contribution in [2.75, 3.05) is 28.3 Å². The van der Waals surface area contributed by atoms with Gasteiger partial charge in [-0.2, -0.15) is 0 Å². The number of carbonyl (C=O) groups is 2. The molecule has 0 aromatic heterocycles. The fourth-order valence-electron chi connectivity index (χ4n) is 8.58. The normalized spacial score (nSPS) is 49.0. The Hall–Kier alpha value is -1.30. The number of hydrogen-bond acceptors (Lipinski definition) is 14. The molecule has 0 spiro atoms. The molecule has 0 amide bonds. The monoisotopic (exact) mass is 747 g/mol. The zero-order valence-electron chi connectivity index (χ0n) is 33.9. The molecule has 0 aromatic rings. The van der Waals surface area contributed by atoms with E-state index >= 15 is 0 Å². The Bertz CT molecular complexity index is 1190. The van der Waals surface area contributed by atoms with Crippen LogP contribution in [0.5, 0.6) is 0 Å². The summed E-state index contributed by atoms with van der Waals surface area (Å²) in [7, 11) is 6.77. The molecular formula is C38H69NO13. The number of methoxy groups -OCH3 is 2. The summed E-state index contributed by atoms with van der Waals surface area (Å²) < 4.78 is 43.9. The minimum atomic E-state index is -1.96. The van der Waals surface area contributed by atoms with E-state index in [4.69, 9.17) is 33.2 Å². The van der Waals surface area contributed by atoms with E-state index in [1.54, 1.807) is 48.5 Å². The van der Waals surface area contributed by atoms with Crippen LogP contribution in [0.1, 0.15) is 94.9 Å². The topological polar surface area (TPSA) is 183 Å². The number of nitrogens with zero attached hydrogens (tertiary/aromatic N) is 1. The quantitative estimate of drug-likeness (QED) is 0.266. The van der Waals surface area contributed by atoms with Crippen molar-refractivity contribution in [2.45, 2.75) is 179 Å². The van der Waals surface area contributed by atoms with Crippen LogP contribution in [0.25, 0.3) is 0 Å². The largest absolute Gasteiger partial charge is 0.459 e. The lowest BCUT2D eigenvalue weighted by atomic mass is 9.74. The first kappa shape index (κ1) is 45.1. The molecule has 3 fully saturated rings. The molecule has 0 bridgehead atoms. The van der Waals surface area contributed by atoms with Crippen LogP contribution in [0.3, 0.4) is 0 Å². The van der Waals surface area contributed by atoms with Crippen molar-refractivity contribution in [3.05, 3.63) is 0 Å². The first-order valence-electron chi connectivity index (χ1n) is 18.9. The van der Waals surface area contributed by atoms with Crippen molar-refractivity contribution in [2.24, 2.45) is 23.7 Å². The van der Waals surface area contributed by atoms with Crippen LogP contribution in [0.4, 0.5) is 0 Å². The molecule has 14 heteroatoms. The van der Waals surface area contributed by atoms with Gasteiger partial charge in [0.15, 0.2) is 12.6 Å². The van der Waals surface area contributed by atoms with Crippen LogP contribution in [0, 0.1) is 23.7 Å². The average Bonchev–Trinajstić information content (AvgIpc) is 3.09. The molecule has 14 nitrogen and oxygen atoms in total. The van der Waals surface area contributed by atoms with Gasteiger partial charge in [0.05, 0.1) is 47.6 Å². The smallest absolute Gasteiger partial charge is 0.311 e. The summed E-state index contributed by atoms with van der Waals surface area (Å²) in [5.74, 6) is -4.47. The predicted molar refractivity (Wildman–Crippen MR) is 191 cm³/mol. The number of likely N-dealkylation sites (N-methyl/N-ethyl adjacent to an activating group) is 1. The number of rotatable bonds is 8. The Morgan fingerprint density at radius 3 is 1.98 bits per heavy atom. The lowest BCUT2D eigenvalue weighted by molar-refractivity contribution is -0.319. The van der Waals surface area contributed by atoms with Gasteiger partial charge in [0, 0.05) is 44.4 Å². The maximum Gasteiger partial charge on any atom is 0.311 e. The zero-order chi connectivity index (χ0) is 39.7. The second-order valence-corrected chi connectivity index (χ2v) is 16.6. The second-order valence-electron chi connectivity index (χ2n) is 16.6. The first-order valence-corrected chi connectivity index (χ1v) is 18.9. The Morgan fingerprint density at radius 2 is 1.44 bits per heavy atom. The van der Waals surface area contributed by atoms with Gasteiger partial charge in [-0.05, 0) is 74.9 Å². The molecule has 3 aliphatic rings. The van der Waals surface area contributed by atoms with Crippen LogP contribution in [0.15, 0.2) is 0 Å². The third-order valence-corrected chi connectivity index (χ3v) is 12.3. The number of esters is 1. The fourth-order valence-corrected chi connectivity index (χ4v) is 8.58. The van der Waals surface area contributed by atoms with Crippen LogP contribution < -0.4 is 0 Å². The molecule has 0 saturated carbocycles. The number of cyclic esters (lactones) is 1. The highest BCUT2D eigenvalue weighted by molar-refractivity contribution is 5.83. The molecule has 4 N–H and O–H groups in total. The van der Waals surface area contributed by atoms with Crippen molar-refractivity contribution in [3.63, 3.8) is 0 Å². The molecule has 304 valence electrons. The summed E-state index contributed by atoms with van der Waals surface area (Å²) in [5, 5.41) is 45.6. The predicted octanol–water partition coefficient (Wildman–Crippen LogP) is 2.44. The van der Waals surface area contributed by atoms with Crippen LogP contribution in [-0.4, -0.2) is 150 Å². The molecular weight excluding hydrogens is 678 g/mol. The summed E-state index contributed by atoms with van der Waals surface area (Å²) in [6.07, 6.45) is -8.73. The van der Waals surface area contributed by atoms with Gasteiger partial charge in [-0.15, -0.1) is 0 Å². The van der Waals surface area contributed by atoms with E-state index in [9.17, 15) is 30.0 Å². The molecule has 0 aromatic carbocycles. The molecule has 0 aliphatic carbocycles. The minimum Gasteiger partial charge on any atom is -0.459 e. The highest BCUT2D eigenvalue weighted by Gasteiger charge is 2.54. The van der Waals surface area contributed by atoms with Gasteiger partial charge in [-0.3, -0.25) is 9.59 Å². The minimum absolute atomic E-state index is 0.111. The number of aliphatic hydroxyl groups is 4. The fraction of sp³-hybridized carbons (Fsp3) is 0.947. The highest BCUT2D eigenvalue weighted by Crippen LogP contribution is 2.41. The van der Waals surface area contributed by atoms with Gasteiger partial charge in [-0.1, -0.05) is 27.7 Å². The maximum atomic E-state index is 14.2. The van der Waals surface area contributed by atoms with Gasteiger partial charge < -0.3 is 58.5 Å². The third-order valence-electron chi connectivity index (χ3n) is 12.3. The summed E-state index contributed by atoms with van der Waals surface area (Å²) >= 11 is 0.